The van der Waals surface area contributed by atoms with Gasteiger partial charge in [-0.2, -0.15) is 0 Å². The summed E-state index contributed by atoms with van der Waals surface area (Å²) < 4.78 is 0. The highest BCUT2D eigenvalue weighted by Crippen LogP contribution is 2.11. The number of hydrogen-bond acceptors (Lipinski definition) is 5. The second-order valence-electron chi connectivity index (χ2n) is 4.08. The molecule has 2 atom stereocenters. The number of imide groups is 1. The molecule has 1 heterocycles. The lowest BCUT2D eigenvalue weighted by atomic mass is 10.1. The molecule has 0 radical (unpaired) electrons. The summed E-state index contributed by atoms with van der Waals surface area (Å²) in [6, 6.07) is -1.87. The van der Waals surface area contributed by atoms with Crippen LogP contribution in [0.3, 0.4) is 0 Å². The number of piperazine rings is 1. The number of carbonyl (C=O) groups is 4. The first-order valence-electron chi connectivity index (χ1n) is 5.54. The predicted molar refractivity (Wildman–Crippen MR) is 60.7 cm³/mol. The Hall–Kier alpha value is -1.96. The molecule has 1 aliphatic heterocycles. The normalized spacial score (nSPS) is 21.4. The van der Waals surface area contributed by atoms with Crippen LogP contribution in [-0.2, 0) is 19.2 Å². The Balaban J connectivity index is 2.83. The Bertz CT molecular complexity index is 395. The first-order valence-corrected chi connectivity index (χ1v) is 5.54. The molecular weight excluding hydrogens is 240 g/mol. The molecule has 0 bridgehead atoms. The van der Waals surface area contributed by atoms with E-state index in [4.69, 9.17) is 11.5 Å². The number of primary amides is 1. The number of nitrogens with one attached hydrogen (secondary N) is 1. The molecule has 1 saturated heterocycles. The van der Waals surface area contributed by atoms with Gasteiger partial charge in [-0.3, -0.25) is 24.5 Å². The van der Waals surface area contributed by atoms with Crippen LogP contribution in [0.25, 0.3) is 0 Å². The van der Waals surface area contributed by atoms with Gasteiger partial charge in [0.2, 0.25) is 23.6 Å². The summed E-state index contributed by atoms with van der Waals surface area (Å²) in [6.07, 6.45) is 0.0374. The minimum atomic E-state index is -1.13. The molecular formula is C10H16N4O4. The standard InChI is InChI=1S/C10H16N4O4/c1-2-6-9(17)13-8(16)4-14(6)10(18)5(11)3-7(12)15/h5-6H,2-4,11H2,1H3,(H2,12,15)(H,13,16,17). The van der Waals surface area contributed by atoms with Gasteiger partial charge in [0.05, 0.1) is 12.5 Å². The minimum absolute atomic E-state index is 0.241. The van der Waals surface area contributed by atoms with E-state index in [9.17, 15) is 19.2 Å². The molecule has 8 heteroatoms. The van der Waals surface area contributed by atoms with E-state index in [0.29, 0.717) is 6.42 Å². The highest BCUT2D eigenvalue weighted by Gasteiger charge is 2.37. The number of nitrogens with two attached hydrogens (primary N) is 2. The maximum atomic E-state index is 12.0. The van der Waals surface area contributed by atoms with E-state index < -0.39 is 35.7 Å². The molecule has 18 heavy (non-hydrogen) atoms. The number of amides is 4. The van der Waals surface area contributed by atoms with Crippen LogP contribution >= 0.6 is 0 Å². The van der Waals surface area contributed by atoms with Gasteiger partial charge in [0, 0.05) is 0 Å². The van der Waals surface area contributed by atoms with E-state index in [1.165, 1.54) is 0 Å². The second kappa shape index (κ2) is 5.58. The van der Waals surface area contributed by atoms with Gasteiger partial charge in [-0.15, -0.1) is 0 Å². The lowest BCUT2D eigenvalue weighted by molar-refractivity contribution is -0.151. The van der Waals surface area contributed by atoms with Crippen LogP contribution in [0.15, 0.2) is 0 Å². The van der Waals surface area contributed by atoms with Gasteiger partial charge < -0.3 is 16.4 Å². The molecule has 1 rings (SSSR count). The van der Waals surface area contributed by atoms with Crippen LogP contribution in [0.1, 0.15) is 19.8 Å². The van der Waals surface area contributed by atoms with E-state index in [-0.39, 0.29) is 13.0 Å². The number of carbonyl (C=O) groups excluding carboxylic acids is 4. The van der Waals surface area contributed by atoms with E-state index in [0.717, 1.165) is 4.90 Å². The van der Waals surface area contributed by atoms with Gasteiger partial charge in [0.25, 0.3) is 0 Å². The topological polar surface area (TPSA) is 136 Å². The fourth-order valence-corrected chi connectivity index (χ4v) is 1.82. The Morgan fingerprint density at radius 3 is 2.61 bits per heavy atom. The van der Waals surface area contributed by atoms with E-state index in [2.05, 4.69) is 5.32 Å². The highest BCUT2D eigenvalue weighted by molar-refractivity contribution is 6.05. The average Bonchev–Trinajstić information content (AvgIpc) is 2.26. The van der Waals surface area contributed by atoms with Gasteiger partial charge in [0.15, 0.2) is 0 Å². The molecule has 0 aromatic heterocycles. The molecule has 1 aliphatic rings. The van der Waals surface area contributed by atoms with Crippen molar-refractivity contribution in [2.24, 2.45) is 11.5 Å². The number of nitrogens with zero attached hydrogens (tertiary/aromatic N) is 1. The summed E-state index contributed by atoms with van der Waals surface area (Å²) >= 11 is 0. The fourth-order valence-electron chi connectivity index (χ4n) is 1.82. The van der Waals surface area contributed by atoms with Crippen LogP contribution in [-0.4, -0.2) is 47.2 Å². The molecule has 5 N–H and O–H groups in total. The molecule has 2 unspecified atom stereocenters. The van der Waals surface area contributed by atoms with Crippen LogP contribution in [0.4, 0.5) is 0 Å². The van der Waals surface area contributed by atoms with Crippen LogP contribution < -0.4 is 16.8 Å². The van der Waals surface area contributed by atoms with Crippen molar-refractivity contribution in [1.29, 1.82) is 0 Å². The zero-order valence-electron chi connectivity index (χ0n) is 10.0. The third-order valence-corrected chi connectivity index (χ3v) is 2.66. The molecule has 1 fully saturated rings. The zero-order valence-corrected chi connectivity index (χ0v) is 10.0. The Morgan fingerprint density at radius 1 is 1.50 bits per heavy atom. The third kappa shape index (κ3) is 3.04. The lowest BCUT2D eigenvalue weighted by Crippen LogP contribution is -2.62. The van der Waals surface area contributed by atoms with Crippen molar-refractivity contribution in [3.63, 3.8) is 0 Å². The van der Waals surface area contributed by atoms with Crippen LogP contribution in [0, 0.1) is 0 Å². The summed E-state index contributed by atoms with van der Waals surface area (Å²) in [5, 5.41) is 2.14. The SMILES string of the molecule is CCC1C(=O)NC(=O)CN1C(=O)C(N)CC(N)=O. The third-order valence-electron chi connectivity index (χ3n) is 2.66. The second-order valence-corrected chi connectivity index (χ2v) is 4.08. The quantitative estimate of drug-likeness (QED) is 0.476. The van der Waals surface area contributed by atoms with Crippen molar-refractivity contribution in [2.75, 3.05) is 6.54 Å². The Kier molecular flexibility index (Phi) is 4.38. The largest absolute Gasteiger partial charge is 0.370 e. The number of rotatable bonds is 4. The monoisotopic (exact) mass is 256 g/mol. The van der Waals surface area contributed by atoms with Crippen molar-refractivity contribution < 1.29 is 19.2 Å². The number of hydrogen-bond donors (Lipinski definition) is 3. The molecule has 0 spiro atoms. The van der Waals surface area contributed by atoms with Crippen LogP contribution in [0.2, 0.25) is 0 Å². The van der Waals surface area contributed by atoms with Crippen molar-refractivity contribution in [2.45, 2.75) is 31.8 Å². The van der Waals surface area contributed by atoms with Crippen molar-refractivity contribution in [3.8, 4) is 0 Å². The summed E-state index contributed by atoms with van der Waals surface area (Å²) in [4.78, 5) is 46.5. The fraction of sp³-hybridized carbons (Fsp3) is 0.600. The van der Waals surface area contributed by atoms with E-state index >= 15 is 0 Å². The summed E-state index contributed by atoms with van der Waals surface area (Å²) in [5.74, 6) is -2.43. The van der Waals surface area contributed by atoms with Gasteiger partial charge >= 0.3 is 0 Å². The average molecular weight is 256 g/mol. The first kappa shape index (κ1) is 14.1. The molecule has 8 nitrogen and oxygen atoms in total. The first-order chi connectivity index (χ1) is 8.36. The maximum Gasteiger partial charge on any atom is 0.249 e. The summed E-state index contributed by atoms with van der Waals surface area (Å²) in [7, 11) is 0. The van der Waals surface area contributed by atoms with Gasteiger partial charge in [-0.1, -0.05) is 6.92 Å². The lowest BCUT2D eigenvalue weighted by Gasteiger charge is -2.34. The molecule has 0 saturated carbocycles. The van der Waals surface area contributed by atoms with Gasteiger partial charge in [-0.05, 0) is 6.42 Å². The van der Waals surface area contributed by atoms with E-state index in [1.54, 1.807) is 6.92 Å². The summed E-state index contributed by atoms with van der Waals surface area (Å²) in [5.41, 5.74) is 10.5. The summed E-state index contributed by atoms with van der Waals surface area (Å²) in [6.45, 7) is 1.47. The molecule has 0 aromatic rings. The van der Waals surface area contributed by atoms with Crippen molar-refractivity contribution >= 4 is 23.6 Å². The van der Waals surface area contributed by atoms with Gasteiger partial charge in [0.1, 0.15) is 12.6 Å². The van der Waals surface area contributed by atoms with Gasteiger partial charge in [-0.25, -0.2) is 0 Å². The van der Waals surface area contributed by atoms with Crippen LogP contribution in [0.5, 0.6) is 0 Å². The smallest absolute Gasteiger partial charge is 0.249 e. The molecule has 4 amide bonds. The Labute approximate surface area is 104 Å². The predicted octanol–water partition coefficient (Wildman–Crippen LogP) is -2.55. The van der Waals surface area contributed by atoms with Crippen molar-refractivity contribution in [1.82, 2.24) is 10.2 Å². The Morgan fingerprint density at radius 2 is 2.11 bits per heavy atom. The zero-order chi connectivity index (χ0) is 13.9. The maximum absolute atomic E-state index is 12.0. The highest BCUT2D eigenvalue weighted by atomic mass is 16.2. The molecule has 100 valence electrons. The van der Waals surface area contributed by atoms with E-state index in [1.807, 2.05) is 0 Å². The minimum Gasteiger partial charge on any atom is -0.370 e. The molecule has 0 aliphatic carbocycles. The molecule has 0 aromatic carbocycles. The van der Waals surface area contributed by atoms with Crippen molar-refractivity contribution in [3.05, 3.63) is 0 Å².